The van der Waals surface area contributed by atoms with Crippen LogP contribution in [0.15, 0.2) is 48.5 Å². The predicted molar refractivity (Wildman–Crippen MR) is 83.5 cm³/mol. The van der Waals surface area contributed by atoms with Gasteiger partial charge in [-0.3, -0.25) is 4.79 Å². The van der Waals surface area contributed by atoms with E-state index in [4.69, 9.17) is 10.5 Å². The van der Waals surface area contributed by atoms with Crippen LogP contribution in [0.25, 0.3) is 0 Å². The van der Waals surface area contributed by atoms with E-state index in [9.17, 15) is 4.79 Å². The average molecular weight is 367 g/mol. The molecule has 0 amide bonds. The molecule has 0 heterocycles. The number of rotatable bonds is 4. The Balaban J connectivity index is 1.86. The van der Waals surface area contributed by atoms with Crippen molar-refractivity contribution in [3.8, 4) is 0 Å². The van der Waals surface area contributed by atoms with Gasteiger partial charge in [0.25, 0.3) is 0 Å². The van der Waals surface area contributed by atoms with Crippen molar-refractivity contribution >= 4 is 34.2 Å². The highest BCUT2D eigenvalue weighted by Gasteiger charge is 2.05. The Morgan fingerprint density at radius 3 is 2.53 bits per heavy atom. The van der Waals surface area contributed by atoms with Crippen LogP contribution in [0, 0.1) is 3.57 Å². The summed E-state index contributed by atoms with van der Waals surface area (Å²) in [5.41, 5.74) is 8.17. The number of carbonyl (C=O) groups is 1. The third kappa shape index (κ3) is 4.55. The van der Waals surface area contributed by atoms with Crippen molar-refractivity contribution < 1.29 is 9.53 Å². The fourth-order valence-electron chi connectivity index (χ4n) is 1.67. The number of halogens is 1. The van der Waals surface area contributed by atoms with E-state index in [0.717, 1.165) is 14.7 Å². The number of hydrogen-bond acceptors (Lipinski definition) is 3. The van der Waals surface area contributed by atoms with E-state index >= 15 is 0 Å². The molecule has 19 heavy (non-hydrogen) atoms. The second kappa shape index (κ2) is 6.56. The minimum atomic E-state index is -0.246. The van der Waals surface area contributed by atoms with Crippen molar-refractivity contribution in [1.29, 1.82) is 0 Å². The number of hydrogen-bond donors (Lipinski definition) is 1. The second-order valence-electron chi connectivity index (χ2n) is 4.21. The molecule has 0 spiro atoms. The van der Waals surface area contributed by atoms with E-state index in [-0.39, 0.29) is 12.4 Å². The number of benzene rings is 2. The summed E-state index contributed by atoms with van der Waals surface area (Å²) in [5.74, 6) is -0.246. The standard InChI is InChI=1S/C15H14INO2/c16-13-6-4-11(5-7-13)10-19-15(18)9-12-2-1-3-14(17)8-12/h1-8H,9-10,17H2. The summed E-state index contributed by atoms with van der Waals surface area (Å²) in [6.45, 7) is 0.304. The maximum absolute atomic E-state index is 11.7. The molecule has 0 bridgehead atoms. The van der Waals surface area contributed by atoms with Gasteiger partial charge in [0.15, 0.2) is 0 Å². The highest BCUT2D eigenvalue weighted by atomic mass is 127. The molecule has 2 aromatic rings. The Morgan fingerprint density at radius 2 is 1.84 bits per heavy atom. The number of nitrogens with two attached hydrogens (primary N) is 1. The molecule has 0 aliphatic rings. The van der Waals surface area contributed by atoms with Crippen LogP contribution in [0.1, 0.15) is 11.1 Å². The molecule has 98 valence electrons. The number of anilines is 1. The van der Waals surface area contributed by atoms with Gasteiger partial charge in [0.05, 0.1) is 6.42 Å². The van der Waals surface area contributed by atoms with Crippen molar-refractivity contribution in [3.63, 3.8) is 0 Å². The Kier molecular flexibility index (Phi) is 4.79. The fourth-order valence-corrected chi connectivity index (χ4v) is 2.02. The SMILES string of the molecule is Nc1cccc(CC(=O)OCc2ccc(I)cc2)c1. The highest BCUT2D eigenvalue weighted by Crippen LogP contribution is 2.10. The van der Waals surface area contributed by atoms with Crippen molar-refractivity contribution in [1.82, 2.24) is 0 Å². The van der Waals surface area contributed by atoms with Crippen LogP contribution < -0.4 is 5.73 Å². The van der Waals surface area contributed by atoms with E-state index < -0.39 is 0 Å². The van der Waals surface area contributed by atoms with Crippen LogP contribution in [0.2, 0.25) is 0 Å². The number of esters is 1. The summed E-state index contributed by atoms with van der Waals surface area (Å²) in [4.78, 5) is 11.7. The van der Waals surface area contributed by atoms with Gasteiger partial charge < -0.3 is 10.5 Å². The molecular formula is C15H14INO2. The molecule has 2 rings (SSSR count). The molecule has 0 atom stereocenters. The van der Waals surface area contributed by atoms with Crippen LogP contribution in [-0.2, 0) is 22.6 Å². The molecule has 0 saturated carbocycles. The molecule has 0 unspecified atom stereocenters. The van der Waals surface area contributed by atoms with Crippen LogP contribution in [0.4, 0.5) is 5.69 Å². The summed E-state index contributed by atoms with van der Waals surface area (Å²) < 4.78 is 6.39. The third-order valence-corrected chi connectivity index (χ3v) is 3.33. The molecular weight excluding hydrogens is 353 g/mol. The van der Waals surface area contributed by atoms with E-state index in [1.54, 1.807) is 12.1 Å². The molecule has 0 radical (unpaired) electrons. The summed E-state index contributed by atoms with van der Waals surface area (Å²) in [5, 5.41) is 0. The van der Waals surface area contributed by atoms with E-state index in [0.29, 0.717) is 12.3 Å². The molecule has 2 N–H and O–H groups in total. The van der Waals surface area contributed by atoms with Crippen molar-refractivity contribution in [3.05, 3.63) is 63.2 Å². The first-order valence-corrected chi connectivity index (χ1v) is 6.96. The largest absolute Gasteiger partial charge is 0.461 e. The van der Waals surface area contributed by atoms with Crippen molar-refractivity contribution in [2.24, 2.45) is 0 Å². The molecule has 0 fully saturated rings. The first kappa shape index (κ1) is 13.9. The first-order valence-electron chi connectivity index (χ1n) is 5.88. The summed E-state index contributed by atoms with van der Waals surface area (Å²) in [6.07, 6.45) is 0.245. The van der Waals surface area contributed by atoms with Crippen molar-refractivity contribution in [2.45, 2.75) is 13.0 Å². The number of carbonyl (C=O) groups excluding carboxylic acids is 1. The molecule has 2 aromatic carbocycles. The Labute approximate surface area is 125 Å². The zero-order valence-electron chi connectivity index (χ0n) is 10.3. The lowest BCUT2D eigenvalue weighted by Gasteiger charge is -2.06. The van der Waals surface area contributed by atoms with Gasteiger partial charge in [0.2, 0.25) is 0 Å². The van der Waals surface area contributed by atoms with Gasteiger partial charge in [-0.25, -0.2) is 0 Å². The maximum atomic E-state index is 11.7. The zero-order valence-corrected chi connectivity index (χ0v) is 12.5. The first-order chi connectivity index (χ1) is 9.13. The highest BCUT2D eigenvalue weighted by molar-refractivity contribution is 14.1. The molecule has 0 aliphatic carbocycles. The Bertz CT molecular complexity index is 567. The molecule has 0 saturated heterocycles. The van der Waals surface area contributed by atoms with Gasteiger partial charge in [0, 0.05) is 9.26 Å². The minimum Gasteiger partial charge on any atom is -0.461 e. The predicted octanol–water partition coefficient (Wildman–Crippen LogP) is 3.16. The lowest BCUT2D eigenvalue weighted by atomic mass is 10.1. The third-order valence-electron chi connectivity index (χ3n) is 2.61. The zero-order chi connectivity index (χ0) is 13.7. The minimum absolute atomic E-state index is 0.245. The van der Waals surface area contributed by atoms with Crippen LogP contribution in [0.3, 0.4) is 0 Å². The monoisotopic (exact) mass is 367 g/mol. The summed E-state index contributed by atoms with van der Waals surface area (Å²) in [7, 11) is 0. The van der Waals surface area contributed by atoms with Crippen LogP contribution in [0.5, 0.6) is 0 Å². The summed E-state index contributed by atoms with van der Waals surface area (Å²) >= 11 is 2.24. The fraction of sp³-hybridized carbons (Fsp3) is 0.133. The smallest absolute Gasteiger partial charge is 0.310 e. The van der Waals surface area contributed by atoms with Crippen LogP contribution in [-0.4, -0.2) is 5.97 Å². The lowest BCUT2D eigenvalue weighted by Crippen LogP contribution is -2.08. The average Bonchev–Trinajstić information content (AvgIpc) is 2.38. The van der Waals surface area contributed by atoms with E-state index in [2.05, 4.69) is 22.6 Å². The normalized spacial score (nSPS) is 10.2. The van der Waals surface area contributed by atoms with Gasteiger partial charge in [-0.15, -0.1) is 0 Å². The maximum Gasteiger partial charge on any atom is 0.310 e. The van der Waals surface area contributed by atoms with Gasteiger partial charge in [-0.05, 0) is 58.0 Å². The van der Waals surface area contributed by atoms with Gasteiger partial charge in [0.1, 0.15) is 6.61 Å². The van der Waals surface area contributed by atoms with E-state index in [1.165, 1.54) is 0 Å². The van der Waals surface area contributed by atoms with Gasteiger partial charge in [-0.1, -0.05) is 24.3 Å². The molecule has 4 heteroatoms. The van der Waals surface area contributed by atoms with E-state index in [1.807, 2.05) is 36.4 Å². The lowest BCUT2D eigenvalue weighted by molar-refractivity contribution is -0.144. The van der Waals surface area contributed by atoms with Crippen molar-refractivity contribution in [2.75, 3.05) is 5.73 Å². The van der Waals surface area contributed by atoms with Gasteiger partial charge >= 0.3 is 5.97 Å². The van der Waals surface area contributed by atoms with Gasteiger partial charge in [-0.2, -0.15) is 0 Å². The summed E-state index contributed by atoms with van der Waals surface area (Å²) in [6, 6.07) is 15.2. The molecule has 3 nitrogen and oxygen atoms in total. The molecule has 0 aliphatic heterocycles. The second-order valence-corrected chi connectivity index (χ2v) is 5.45. The number of nitrogen functional groups attached to an aromatic ring is 1. The topological polar surface area (TPSA) is 52.3 Å². The Hall–Kier alpha value is -1.56. The molecule has 0 aromatic heterocycles. The quantitative estimate of drug-likeness (QED) is 0.513. The van der Waals surface area contributed by atoms with Crippen LogP contribution >= 0.6 is 22.6 Å². The number of ether oxygens (including phenoxy) is 1. The Morgan fingerprint density at radius 1 is 1.11 bits per heavy atom.